The zero-order valence-electron chi connectivity index (χ0n) is 15.2. The molecule has 3 aromatic carbocycles. The Morgan fingerprint density at radius 3 is 1.93 bits per heavy atom. The molecule has 1 N–H and O–H groups in total. The van der Waals surface area contributed by atoms with Crippen LogP contribution < -0.4 is 4.72 Å². The van der Waals surface area contributed by atoms with E-state index in [0.29, 0.717) is 5.56 Å². The Hall–Kier alpha value is -2.76. The third-order valence-corrected chi connectivity index (χ3v) is 5.83. The number of rotatable bonds is 6. The van der Waals surface area contributed by atoms with Gasteiger partial charge in [0.25, 0.3) is 0 Å². The molecule has 27 heavy (non-hydrogen) atoms. The number of carbonyl (C=O) groups excluding carboxylic acids is 1. The molecule has 138 valence electrons. The average Bonchev–Trinajstić information content (AvgIpc) is 2.68. The number of carbonyl (C=O) groups is 1. The summed E-state index contributed by atoms with van der Waals surface area (Å²) in [6.07, 6.45) is 0. The number of hydrogen-bond acceptors (Lipinski definition) is 3. The van der Waals surface area contributed by atoms with Gasteiger partial charge in [0.1, 0.15) is 0 Å². The van der Waals surface area contributed by atoms with Gasteiger partial charge in [-0.3, -0.25) is 4.79 Å². The normalized spacial score (nSPS) is 12.5. The van der Waals surface area contributed by atoms with Crippen molar-refractivity contribution in [3.05, 3.63) is 101 Å². The SMILES string of the molecule is CC(=O)c1ccc(S(=O)(=O)N[C@H](c2ccccc2)c2ccc(C)cc2)cc1. The molecule has 0 amide bonds. The maximum atomic E-state index is 12.9. The molecule has 0 bridgehead atoms. The lowest BCUT2D eigenvalue weighted by Crippen LogP contribution is -2.29. The molecule has 4 nitrogen and oxygen atoms in total. The molecule has 0 spiro atoms. The van der Waals surface area contributed by atoms with Gasteiger partial charge in [0.2, 0.25) is 10.0 Å². The van der Waals surface area contributed by atoms with Crippen LogP contribution in [0.25, 0.3) is 0 Å². The van der Waals surface area contributed by atoms with Crippen LogP contribution in [0.2, 0.25) is 0 Å². The smallest absolute Gasteiger partial charge is 0.241 e. The van der Waals surface area contributed by atoms with Crippen molar-refractivity contribution in [1.29, 1.82) is 0 Å². The number of hydrogen-bond donors (Lipinski definition) is 1. The van der Waals surface area contributed by atoms with Crippen LogP contribution in [0, 0.1) is 6.92 Å². The highest BCUT2D eigenvalue weighted by molar-refractivity contribution is 7.89. The van der Waals surface area contributed by atoms with Gasteiger partial charge in [0.15, 0.2) is 5.78 Å². The number of benzene rings is 3. The minimum absolute atomic E-state index is 0.103. The van der Waals surface area contributed by atoms with Crippen molar-refractivity contribution in [2.45, 2.75) is 24.8 Å². The Morgan fingerprint density at radius 1 is 0.815 bits per heavy atom. The second-order valence-corrected chi connectivity index (χ2v) is 8.17. The van der Waals surface area contributed by atoms with Gasteiger partial charge in [-0.2, -0.15) is 4.72 Å². The van der Waals surface area contributed by atoms with Crippen LogP contribution in [0.3, 0.4) is 0 Å². The zero-order valence-corrected chi connectivity index (χ0v) is 16.0. The lowest BCUT2D eigenvalue weighted by molar-refractivity contribution is 0.101. The highest BCUT2D eigenvalue weighted by Gasteiger charge is 2.23. The molecule has 0 aliphatic rings. The van der Waals surface area contributed by atoms with Gasteiger partial charge in [-0.25, -0.2) is 8.42 Å². The van der Waals surface area contributed by atoms with E-state index in [4.69, 9.17) is 0 Å². The van der Waals surface area contributed by atoms with E-state index < -0.39 is 16.1 Å². The van der Waals surface area contributed by atoms with Crippen molar-refractivity contribution in [3.63, 3.8) is 0 Å². The third kappa shape index (κ3) is 4.51. The molecule has 0 aliphatic heterocycles. The minimum atomic E-state index is -3.77. The Kier molecular flexibility index (Phi) is 5.54. The van der Waals surface area contributed by atoms with Crippen LogP contribution in [-0.4, -0.2) is 14.2 Å². The molecule has 0 fully saturated rings. The summed E-state index contributed by atoms with van der Waals surface area (Å²) >= 11 is 0. The van der Waals surface area contributed by atoms with E-state index in [9.17, 15) is 13.2 Å². The van der Waals surface area contributed by atoms with Crippen molar-refractivity contribution < 1.29 is 13.2 Å². The lowest BCUT2D eigenvalue weighted by atomic mass is 9.99. The topological polar surface area (TPSA) is 63.2 Å². The molecule has 0 aromatic heterocycles. The summed E-state index contributed by atoms with van der Waals surface area (Å²) in [5.41, 5.74) is 3.29. The van der Waals surface area contributed by atoms with Crippen LogP contribution >= 0.6 is 0 Å². The summed E-state index contributed by atoms with van der Waals surface area (Å²) in [6, 6.07) is 22.7. The fraction of sp³-hybridized carbons (Fsp3) is 0.136. The van der Waals surface area contributed by atoms with Gasteiger partial charge >= 0.3 is 0 Å². The van der Waals surface area contributed by atoms with Crippen molar-refractivity contribution in [3.8, 4) is 0 Å². The fourth-order valence-corrected chi connectivity index (χ4v) is 4.04. The largest absolute Gasteiger partial charge is 0.295 e. The maximum absolute atomic E-state index is 12.9. The van der Waals surface area contributed by atoms with Gasteiger partial charge in [0.05, 0.1) is 10.9 Å². The van der Waals surface area contributed by atoms with Gasteiger partial charge in [-0.1, -0.05) is 72.3 Å². The Balaban J connectivity index is 1.98. The second-order valence-electron chi connectivity index (χ2n) is 6.46. The lowest BCUT2D eigenvalue weighted by Gasteiger charge is -2.20. The molecule has 0 aliphatic carbocycles. The molecule has 3 rings (SSSR count). The van der Waals surface area contributed by atoms with E-state index in [0.717, 1.165) is 16.7 Å². The first-order chi connectivity index (χ1) is 12.9. The summed E-state index contributed by atoms with van der Waals surface area (Å²) in [6.45, 7) is 3.44. The minimum Gasteiger partial charge on any atom is -0.295 e. The van der Waals surface area contributed by atoms with E-state index in [1.807, 2.05) is 61.5 Å². The Labute approximate surface area is 159 Å². The van der Waals surface area contributed by atoms with Gasteiger partial charge in [-0.15, -0.1) is 0 Å². The molecule has 0 radical (unpaired) electrons. The highest BCUT2D eigenvalue weighted by Crippen LogP contribution is 2.25. The molecule has 0 unspecified atom stereocenters. The van der Waals surface area contributed by atoms with E-state index in [-0.39, 0.29) is 10.7 Å². The maximum Gasteiger partial charge on any atom is 0.241 e. The zero-order chi connectivity index (χ0) is 19.4. The van der Waals surface area contributed by atoms with Gasteiger partial charge < -0.3 is 0 Å². The standard InChI is InChI=1S/C22H21NO3S/c1-16-8-10-20(11-9-16)22(19-6-4-3-5-7-19)23-27(25,26)21-14-12-18(13-15-21)17(2)24/h3-15,22-23H,1-2H3/t22-/m1/s1. The van der Waals surface area contributed by atoms with Crippen molar-refractivity contribution in [2.75, 3.05) is 0 Å². The summed E-state index contributed by atoms with van der Waals surface area (Å²) < 4.78 is 28.7. The molecule has 0 heterocycles. The van der Waals surface area contributed by atoms with E-state index in [1.165, 1.54) is 31.2 Å². The summed E-state index contributed by atoms with van der Waals surface area (Å²) in [5, 5.41) is 0. The molecule has 1 atom stereocenters. The van der Waals surface area contributed by atoms with E-state index in [2.05, 4.69) is 4.72 Å². The third-order valence-electron chi connectivity index (χ3n) is 4.39. The number of ketones is 1. The monoisotopic (exact) mass is 379 g/mol. The summed E-state index contributed by atoms with van der Waals surface area (Å²) in [5.74, 6) is -0.103. The predicted molar refractivity (Wildman–Crippen MR) is 106 cm³/mol. The van der Waals surface area contributed by atoms with Crippen molar-refractivity contribution in [1.82, 2.24) is 4.72 Å². The van der Waals surface area contributed by atoms with Gasteiger partial charge in [-0.05, 0) is 37.1 Å². The second kappa shape index (κ2) is 7.86. The first kappa shape index (κ1) is 19.0. The summed E-state index contributed by atoms with van der Waals surface area (Å²) in [4.78, 5) is 11.5. The molecule has 5 heteroatoms. The number of Topliss-reactive ketones (excluding diaryl/α,β-unsaturated/α-hetero) is 1. The van der Waals surface area contributed by atoms with Crippen molar-refractivity contribution >= 4 is 15.8 Å². The number of aryl methyl sites for hydroxylation is 1. The van der Waals surface area contributed by atoms with Crippen LogP contribution in [-0.2, 0) is 10.0 Å². The quantitative estimate of drug-likeness (QED) is 0.651. The van der Waals surface area contributed by atoms with Crippen LogP contribution in [0.4, 0.5) is 0 Å². The van der Waals surface area contributed by atoms with Crippen molar-refractivity contribution in [2.24, 2.45) is 0 Å². The fourth-order valence-electron chi connectivity index (χ4n) is 2.82. The van der Waals surface area contributed by atoms with Crippen LogP contribution in [0.15, 0.2) is 83.8 Å². The highest BCUT2D eigenvalue weighted by atomic mass is 32.2. The predicted octanol–water partition coefficient (Wildman–Crippen LogP) is 4.27. The summed E-state index contributed by atoms with van der Waals surface area (Å²) in [7, 11) is -3.77. The number of nitrogens with one attached hydrogen (secondary N) is 1. The first-order valence-corrected chi connectivity index (χ1v) is 10.1. The van der Waals surface area contributed by atoms with Gasteiger partial charge in [0, 0.05) is 5.56 Å². The van der Waals surface area contributed by atoms with E-state index in [1.54, 1.807) is 0 Å². The molecular formula is C22H21NO3S. The molecular weight excluding hydrogens is 358 g/mol. The van der Waals surface area contributed by atoms with Crippen LogP contribution in [0.5, 0.6) is 0 Å². The Bertz CT molecular complexity index is 1030. The Morgan fingerprint density at radius 2 is 1.37 bits per heavy atom. The number of sulfonamides is 1. The first-order valence-electron chi connectivity index (χ1n) is 8.62. The van der Waals surface area contributed by atoms with Crippen LogP contribution in [0.1, 0.15) is 40.0 Å². The molecule has 0 saturated heterocycles. The van der Waals surface area contributed by atoms with E-state index >= 15 is 0 Å². The average molecular weight is 379 g/mol. The molecule has 3 aromatic rings. The molecule has 0 saturated carbocycles.